The Morgan fingerprint density at radius 3 is 1.45 bits per heavy atom. The maximum absolute atomic E-state index is 6.25. The number of hydrogen-bond donors (Lipinski definition) is 0. The molecule has 0 saturated carbocycles. The third kappa shape index (κ3) is 3.88. The lowest BCUT2D eigenvalue weighted by atomic mass is 9.95. The Bertz CT molecular complexity index is 971. The molecule has 0 amide bonds. The van der Waals surface area contributed by atoms with Crippen molar-refractivity contribution in [2.24, 2.45) is 0 Å². The second-order valence-corrected chi connectivity index (χ2v) is 9.38. The van der Waals surface area contributed by atoms with Crippen LogP contribution in [0.2, 0.25) is 0 Å². The summed E-state index contributed by atoms with van der Waals surface area (Å²) in [5, 5.41) is 0. The zero-order chi connectivity index (χ0) is 19.8. The van der Waals surface area contributed by atoms with Crippen molar-refractivity contribution >= 4 is 31.9 Å². The van der Waals surface area contributed by atoms with Crippen LogP contribution in [0.1, 0.15) is 40.5 Å². The van der Waals surface area contributed by atoms with Crippen molar-refractivity contribution in [1.29, 1.82) is 0 Å². The molecule has 0 saturated heterocycles. The van der Waals surface area contributed by atoms with Crippen LogP contribution in [0.3, 0.4) is 0 Å². The van der Waals surface area contributed by atoms with Crippen LogP contribution in [0, 0.1) is 0 Å². The van der Waals surface area contributed by atoms with Gasteiger partial charge in [-0.3, -0.25) is 0 Å². The molecule has 2 nitrogen and oxygen atoms in total. The molecule has 4 heteroatoms. The highest BCUT2D eigenvalue weighted by Crippen LogP contribution is 2.55. The third-order valence-corrected chi connectivity index (χ3v) is 6.70. The van der Waals surface area contributed by atoms with Crippen LogP contribution < -0.4 is 9.47 Å². The van der Waals surface area contributed by atoms with Gasteiger partial charge in [-0.2, -0.15) is 0 Å². The van der Waals surface area contributed by atoms with Crippen LogP contribution in [-0.2, 0) is 13.2 Å². The summed E-state index contributed by atoms with van der Waals surface area (Å²) in [6.45, 7) is 1.14. The molecular weight excluding hydrogens is 492 g/mol. The number of ether oxygens (including phenoxy) is 2. The first-order chi connectivity index (χ1) is 14.2. The number of halogens is 2. The van der Waals surface area contributed by atoms with E-state index in [1.54, 1.807) is 0 Å². The fraction of sp³-hybridized carbons (Fsp3) is 0.200. The lowest BCUT2D eigenvalue weighted by molar-refractivity contribution is 0.292. The molecule has 2 aliphatic rings. The quantitative estimate of drug-likeness (QED) is 0.319. The van der Waals surface area contributed by atoms with Gasteiger partial charge in [0.05, 0.1) is 0 Å². The first-order valence-corrected chi connectivity index (χ1v) is 11.4. The van der Waals surface area contributed by atoms with E-state index in [0.29, 0.717) is 25.0 Å². The Labute approximate surface area is 187 Å². The van der Waals surface area contributed by atoms with E-state index < -0.39 is 0 Å². The predicted molar refractivity (Wildman–Crippen MR) is 123 cm³/mol. The van der Waals surface area contributed by atoms with Gasteiger partial charge >= 0.3 is 0 Å². The molecule has 2 aliphatic carbocycles. The summed E-state index contributed by atoms with van der Waals surface area (Å²) < 4.78 is 14.7. The van der Waals surface area contributed by atoms with Crippen molar-refractivity contribution in [2.45, 2.75) is 31.5 Å². The highest BCUT2D eigenvalue weighted by molar-refractivity contribution is 9.10. The Morgan fingerprint density at radius 1 is 0.621 bits per heavy atom. The average molecular weight is 512 g/mol. The molecule has 2 bridgehead atoms. The second-order valence-electron chi connectivity index (χ2n) is 7.55. The summed E-state index contributed by atoms with van der Waals surface area (Å²) >= 11 is 6.96. The molecule has 0 fully saturated rings. The molecule has 0 aromatic heterocycles. The molecule has 0 spiro atoms. The van der Waals surface area contributed by atoms with Crippen molar-refractivity contribution in [3.05, 3.63) is 104 Å². The van der Waals surface area contributed by atoms with E-state index in [2.05, 4.69) is 80.4 Å². The van der Waals surface area contributed by atoms with Crippen LogP contribution in [0.4, 0.5) is 0 Å². The Morgan fingerprint density at radius 2 is 1.03 bits per heavy atom. The van der Waals surface area contributed by atoms with Crippen LogP contribution >= 0.6 is 31.9 Å². The van der Waals surface area contributed by atoms with Crippen molar-refractivity contribution in [1.82, 2.24) is 0 Å². The SMILES string of the molecule is Brc1ccc(COc2ccc(OCc3ccc(Br)cc3)c3c2[C@@H]2C=C[C@H]3C2)cc1. The van der Waals surface area contributed by atoms with Gasteiger partial charge in [0.25, 0.3) is 0 Å². The highest BCUT2D eigenvalue weighted by atomic mass is 79.9. The summed E-state index contributed by atoms with van der Waals surface area (Å²) in [7, 11) is 0. The predicted octanol–water partition coefficient (Wildman–Crippen LogP) is 7.51. The average Bonchev–Trinajstić information content (AvgIpc) is 3.36. The minimum atomic E-state index is 0.436. The largest absolute Gasteiger partial charge is 0.489 e. The van der Waals surface area contributed by atoms with Crippen molar-refractivity contribution in [3.63, 3.8) is 0 Å². The molecule has 0 aliphatic heterocycles. The topological polar surface area (TPSA) is 18.5 Å². The van der Waals surface area contributed by atoms with Gasteiger partial charge in [-0.1, -0.05) is 68.3 Å². The normalized spacial score (nSPS) is 18.7. The molecule has 29 heavy (non-hydrogen) atoms. The van der Waals surface area contributed by atoms with Gasteiger partial charge < -0.3 is 9.47 Å². The third-order valence-electron chi connectivity index (χ3n) is 5.65. The summed E-state index contributed by atoms with van der Waals surface area (Å²) in [5.41, 5.74) is 4.94. The zero-order valence-electron chi connectivity index (χ0n) is 15.8. The Kier molecular flexibility index (Phi) is 5.23. The van der Waals surface area contributed by atoms with Gasteiger partial charge in [0.15, 0.2) is 0 Å². The van der Waals surface area contributed by atoms with Gasteiger partial charge in [0.2, 0.25) is 0 Å². The van der Waals surface area contributed by atoms with E-state index in [9.17, 15) is 0 Å². The van der Waals surface area contributed by atoms with Gasteiger partial charge in [-0.05, 0) is 53.9 Å². The van der Waals surface area contributed by atoms with Crippen LogP contribution in [0.15, 0.2) is 81.8 Å². The minimum absolute atomic E-state index is 0.436. The molecule has 146 valence electrons. The van der Waals surface area contributed by atoms with Crippen molar-refractivity contribution in [2.75, 3.05) is 0 Å². The fourth-order valence-electron chi connectivity index (χ4n) is 4.22. The Hall–Kier alpha value is -2.04. The smallest absolute Gasteiger partial charge is 0.124 e. The Balaban J connectivity index is 1.37. The van der Waals surface area contributed by atoms with Gasteiger partial charge in [-0.15, -0.1) is 0 Å². The van der Waals surface area contributed by atoms with E-state index in [-0.39, 0.29) is 0 Å². The van der Waals surface area contributed by atoms with Crippen molar-refractivity contribution in [3.8, 4) is 11.5 Å². The van der Waals surface area contributed by atoms with E-state index in [1.807, 2.05) is 24.3 Å². The van der Waals surface area contributed by atoms with E-state index in [4.69, 9.17) is 9.47 Å². The standard InChI is InChI=1S/C25H20Br2O2/c26-20-7-1-16(2-8-20)14-28-22-11-12-23(25-19-6-5-18(13-19)24(22)25)29-15-17-3-9-21(27)10-4-17/h1-12,18-19H,13-15H2/t18-,19+. The van der Waals surface area contributed by atoms with Crippen LogP contribution in [0.25, 0.3) is 0 Å². The molecular formula is C25H20Br2O2. The summed E-state index contributed by atoms with van der Waals surface area (Å²) in [4.78, 5) is 0. The molecule has 3 aromatic carbocycles. The van der Waals surface area contributed by atoms with Crippen molar-refractivity contribution < 1.29 is 9.47 Å². The number of hydrogen-bond acceptors (Lipinski definition) is 2. The number of rotatable bonds is 6. The van der Waals surface area contributed by atoms with E-state index >= 15 is 0 Å². The fourth-order valence-corrected chi connectivity index (χ4v) is 4.75. The first kappa shape index (κ1) is 19.0. The van der Waals surface area contributed by atoms with Gasteiger partial charge in [-0.25, -0.2) is 0 Å². The maximum atomic E-state index is 6.25. The number of benzene rings is 3. The lowest BCUT2D eigenvalue weighted by Gasteiger charge is -2.20. The molecule has 0 radical (unpaired) electrons. The summed E-state index contributed by atoms with van der Waals surface area (Å²) in [6, 6.07) is 20.7. The first-order valence-electron chi connectivity index (χ1n) is 9.77. The highest BCUT2D eigenvalue weighted by Gasteiger charge is 2.37. The number of fused-ring (bicyclic) bond motifs is 5. The lowest BCUT2D eigenvalue weighted by Crippen LogP contribution is -2.05. The monoisotopic (exact) mass is 510 g/mol. The summed E-state index contributed by atoms with van der Waals surface area (Å²) in [5.74, 6) is 2.84. The molecule has 5 rings (SSSR count). The zero-order valence-corrected chi connectivity index (χ0v) is 18.9. The molecule has 2 atom stereocenters. The van der Waals surface area contributed by atoms with E-state index in [0.717, 1.165) is 38.0 Å². The molecule has 0 N–H and O–H groups in total. The van der Waals surface area contributed by atoms with Crippen LogP contribution in [0.5, 0.6) is 11.5 Å². The van der Waals surface area contributed by atoms with E-state index in [1.165, 1.54) is 11.1 Å². The molecule has 3 aromatic rings. The second kappa shape index (κ2) is 8.00. The van der Waals surface area contributed by atoms with Gasteiger partial charge in [0, 0.05) is 31.9 Å². The maximum Gasteiger partial charge on any atom is 0.124 e. The van der Waals surface area contributed by atoms with Gasteiger partial charge in [0.1, 0.15) is 24.7 Å². The molecule has 0 unspecified atom stereocenters. The van der Waals surface area contributed by atoms with Crippen LogP contribution in [-0.4, -0.2) is 0 Å². The molecule has 0 heterocycles. The number of allylic oxidation sites excluding steroid dienone is 2. The minimum Gasteiger partial charge on any atom is -0.489 e. The summed E-state index contributed by atoms with van der Waals surface area (Å²) in [6.07, 6.45) is 5.76.